The predicted molar refractivity (Wildman–Crippen MR) is 104 cm³/mol. The number of aromatic nitrogens is 2. The lowest BCUT2D eigenvalue weighted by atomic mass is 10.0. The maximum atomic E-state index is 14.8. The molecule has 0 saturated heterocycles. The summed E-state index contributed by atoms with van der Waals surface area (Å²) in [6.45, 7) is 3.67. The number of hydrogen-bond acceptors (Lipinski definition) is 2. The Kier molecular flexibility index (Phi) is 4.88. The van der Waals surface area contributed by atoms with Crippen molar-refractivity contribution in [1.82, 2.24) is 9.78 Å². The number of alkyl halides is 3. The molecule has 1 unspecified atom stereocenters. The summed E-state index contributed by atoms with van der Waals surface area (Å²) in [7, 11) is 0. The van der Waals surface area contributed by atoms with E-state index in [2.05, 4.69) is 5.10 Å². The van der Waals surface area contributed by atoms with Gasteiger partial charge >= 0.3 is 6.18 Å². The fourth-order valence-electron chi connectivity index (χ4n) is 3.66. The van der Waals surface area contributed by atoms with Gasteiger partial charge in [-0.3, -0.25) is 9.48 Å². The number of halogens is 4. The third-order valence-electron chi connectivity index (χ3n) is 5.22. The Morgan fingerprint density at radius 2 is 1.83 bits per heavy atom. The standard InChI is InChI=1S/C22H19F4N3O/c1-13(2)29-12-16(10-27-29)14-7-8-15(18(23)9-14)11-28-19-6-4-3-5-17(19)20(21(28)30)22(24,25)26/h3-10,12-13,20H,11H2,1-2H3. The van der Waals surface area contributed by atoms with Gasteiger partial charge in [0.05, 0.1) is 12.7 Å². The molecular weight excluding hydrogens is 398 g/mol. The van der Waals surface area contributed by atoms with E-state index in [9.17, 15) is 22.4 Å². The highest BCUT2D eigenvalue weighted by atomic mass is 19.4. The van der Waals surface area contributed by atoms with Crippen molar-refractivity contribution in [1.29, 1.82) is 0 Å². The molecule has 0 fully saturated rings. The first kappa shape index (κ1) is 20.1. The van der Waals surface area contributed by atoms with Crippen LogP contribution in [-0.4, -0.2) is 21.9 Å². The molecule has 30 heavy (non-hydrogen) atoms. The molecule has 0 radical (unpaired) electrons. The SMILES string of the molecule is CC(C)n1cc(-c2ccc(CN3C(=O)C(C(F)(F)F)c4ccccc43)c(F)c2)cn1. The van der Waals surface area contributed by atoms with Crippen LogP contribution in [-0.2, 0) is 11.3 Å². The van der Waals surface area contributed by atoms with Crippen LogP contribution in [0.4, 0.5) is 23.2 Å². The van der Waals surface area contributed by atoms with Crippen LogP contribution in [0.2, 0.25) is 0 Å². The van der Waals surface area contributed by atoms with E-state index in [4.69, 9.17) is 0 Å². The molecule has 3 aromatic rings. The van der Waals surface area contributed by atoms with Crippen molar-refractivity contribution in [3.05, 3.63) is 71.8 Å². The fourth-order valence-corrected chi connectivity index (χ4v) is 3.66. The monoisotopic (exact) mass is 417 g/mol. The van der Waals surface area contributed by atoms with Gasteiger partial charge in [0.2, 0.25) is 5.91 Å². The molecule has 2 aromatic carbocycles. The normalized spacial score (nSPS) is 16.4. The Morgan fingerprint density at radius 1 is 1.10 bits per heavy atom. The first-order valence-corrected chi connectivity index (χ1v) is 9.47. The van der Waals surface area contributed by atoms with Crippen molar-refractivity contribution in [3.8, 4) is 11.1 Å². The Morgan fingerprint density at radius 3 is 2.47 bits per heavy atom. The minimum Gasteiger partial charge on any atom is -0.307 e. The van der Waals surface area contributed by atoms with E-state index in [1.807, 2.05) is 13.8 Å². The van der Waals surface area contributed by atoms with E-state index in [0.29, 0.717) is 5.56 Å². The number of carbonyl (C=O) groups is 1. The van der Waals surface area contributed by atoms with Crippen LogP contribution in [0.15, 0.2) is 54.9 Å². The van der Waals surface area contributed by atoms with Gasteiger partial charge in [-0.15, -0.1) is 0 Å². The molecule has 1 atom stereocenters. The molecule has 1 aliphatic rings. The molecule has 0 aliphatic carbocycles. The molecule has 4 rings (SSSR count). The van der Waals surface area contributed by atoms with Crippen molar-refractivity contribution in [3.63, 3.8) is 0 Å². The van der Waals surface area contributed by atoms with Crippen LogP contribution in [0.25, 0.3) is 11.1 Å². The van der Waals surface area contributed by atoms with E-state index in [0.717, 1.165) is 10.5 Å². The van der Waals surface area contributed by atoms with E-state index >= 15 is 0 Å². The largest absolute Gasteiger partial charge is 0.404 e. The number of rotatable bonds is 4. The van der Waals surface area contributed by atoms with Gasteiger partial charge in [0, 0.05) is 29.1 Å². The maximum absolute atomic E-state index is 14.8. The van der Waals surface area contributed by atoms with E-state index < -0.39 is 23.8 Å². The summed E-state index contributed by atoms with van der Waals surface area (Å²) in [5.41, 5.74) is 1.53. The first-order valence-electron chi connectivity index (χ1n) is 9.47. The number of hydrogen-bond donors (Lipinski definition) is 0. The van der Waals surface area contributed by atoms with Crippen molar-refractivity contribution in [2.24, 2.45) is 0 Å². The summed E-state index contributed by atoms with van der Waals surface area (Å²) < 4.78 is 56.9. The molecule has 156 valence electrons. The quantitative estimate of drug-likeness (QED) is 0.529. The van der Waals surface area contributed by atoms with E-state index in [1.165, 1.54) is 30.3 Å². The molecule has 0 spiro atoms. The highest BCUT2D eigenvalue weighted by molar-refractivity contribution is 6.05. The minimum atomic E-state index is -4.71. The van der Waals surface area contributed by atoms with Gasteiger partial charge in [-0.2, -0.15) is 18.3 Å². The Bertz CT molecular complexity index is 1100. The molecule has 1 amide bonds. The second-order valence-electron chi connectivity index (χ2n) is 7.57. The zero-order chi connectivity index (χ0) is 21.6. The van der Waals surface area contributed by atoms with Crippen molar-refractivity contribution < 1.29 is 22.4 Å². The first-order chi connectivity index (χ1) is 14.2. The van der Waals surface area contributed by atoms with Crippen molar-refractivity contribution >= 4 is 11.6 Å². The van der Waals surface area contributed by atoms with E-state index in [1.54, 1.807) is 29.2 Å². The Hall–Kier alpha value is -3.16. The molecule has 8 heteroatoms. The zero-order valence-corrected chi connectivity index (χ0v) is 16.3. The van der Waals surface area contributed by atoms with Crippen LogP contribution in [0.1, 0.15) is 36.9 Å². The summed E-state index contributed by atoms with van der Waals surface area (Å²) >= 11 is 0. The molecule has 0 N–H and O–H groups in total. The fraction of sp³-hybridized carbons (Fsp3) is 0.273. The van der Waals surface area contributed by atoms with Crippen molar-refractivity contribution in [2.75, 3.05) is 4.90 Å². The summed E-state index contributed by atoms with van der Waals surface area (Å²) in [4.78, 5) is 13.6. The lowest BCUT2D eigenvalue weighted by Gasteiger charge is -2.19. The van der Waals surface area contributed by atoms with Crippen LogP contribution in [0.5, 0.6) is 0 Å². The molecule has 0 saturated carbocycles. The highest BCUT2D eigenvalue weighted by Crippen LogP contribution is 2.46. The number of amides is 1. The molecule has 2 heterocycles. The van der Waals surface area contributed by atoms with Crippen LogP contribution in [0.3, 0.4) is 0 Å². The second kappa shape index (κ2) is 7.27. The number of carbonyl (C=O) groups excluding carboxylic acids is 1. The zero-order valence-electron chi connectivity index (χ0n) is 16.3. The van der Waals surface area contributed by atoms with Crippen LogP contribution in [0, 0.1) is 5.82 Å². The molecule has 4 nitrogen and oxygen atoms in total. The molecular formula is C22H19F4N3O. The summed E-state index contributed by atoms with van der Waals surface area (Å²) in [5, 5.41) is 4.23. The van der Waals surface area contributed by atoms with Gasteiger partial charge in [0.15, 0.2) is 5.92 Å². The topological polar surface area (TPSA) is 38.1 Å². The maximum Gasteiger partial charge on any atom is 0.404 e. The third kappa shape index (κ3) is 3.46. The Balaban J connectivity index is 1.64. The smallest absolute Gasteiger partial charge is 0.307 e. The van der Waals surface area contributed by atoms with Crippen molar-refractivity contribution in [2.45, 2.75) is 38.5 Å². The molecule has 1 aliphatic heterocycles. The van der Waals surface area contributed by atoms with Crippen LogP contribution < -0.4 is 4.90 Å². The Labute approximate surface area is 170 Å². The predicted octanol–water partition coefficient (Wildman–Crippen LogP) is 5.46. The second-order valence-corrected chi connectivity index (χ2v) is 7.57. The minimum absolute atomic E-state index is 0.104. The van der Waals surface area contributed by atoms with Gasteiger partial charge in [0.1, 0.15) is 5.82 Å². The summed E-state index contributed by atoms with van der Waals surface area (Å²) in [5.74, 6) is -3.91. The average Bonchev–Trinajstić information content (AvgIpc) is 3.27. The van der Waals surface area contributed by atoms with Gasteiger partial charge < -0.3 is 4.90 Å². The number of benzene rings is 2. The van der Waals surface area contributed by atoms with Gasteiger partial charge in [-0.1, -0.05) is 30.3 Å². The summed E-state index contributed by atoms with van der Waals surface area (Å²) in [6.07, 6.45) is -1.28. The molecule has 0 bridgehead atoms. The third-order valence-corrected chi connectivity index (χ3v) is 5.22. The lowest BCUT2D eigenvalue weighted by Crippen LogP contribution is -2.34. The average molecular weight is 417 g/mol. The highest BCUT2D eigenvalue weighted by Gasteiger charge is 2.53. The molecule has 1 aromatic heterocycles. The van der Waals surface area contributed by atoms with Gasteiger partial charge in [-0.05, 0) is 37.1 Å². The summed E-state index contributed by atoms with van der Waals surface area (Å²) in [6, 6.07) is 10.4. The number of fused-ring (bicyclic) bond motifs is 1. The number of anilines is 1. The van der Waals surface area contributed by atoms with Gasteiger partial charge in [-0.25, -0.2) is 4.39 Å². The number of nitrogens with zero attached hydrogens (tertiary/aromatic N) is 3. The number of para-hydroxylation sites is 1. The van der Waals surface area contributed by atoms with Gasteiger partial charge in [0.25, 0.3) is 0 Å². The lowest BCUT2D eigenvalue weighted by molar-refractivity contribution is -0.161. The van der Waals surface area contributed by atoms with E-state index in [-0.39, 0.29) is 29.4 Å². The van der Waals surface area contributed by atoms with Crippen LogP contribution >= 0.6 is 0 Å².